The van der Waals surface area contributed by atoms with Crippen LogP contribution in [0.5, 0.6) is 0 Å². The Morgan fingerprint density at radius 1 is 1.13 bits per heavy atom. The molecule has 3 rings (SSSR count). The van der Waals surface area contributed by atoms with Crippen molar-refractivity contribution in [3.05, 3.63) is 41.9 Å². The Morgan fingerprint density at radius 3 is 2.65 bits per heavy atom. The second-order valence-corrected chi connectivity index (χ2v) is 5.60. The number of rotatable bonds is 4. The van der Waals surface area contributed by atoms with Gasteiger partial charge in [-0.25, -0.2) is 0 Å². The summed E-state index contributed by atoms with van der Waals surface area (Å²) in [5.74, 6) is 1.39. The molecule has 0 bridgehead atoms. The Morgan fingerprint density at radius 2 is 1.91 bits per heavy atom. The van der Waals surface area contributed by atoms with Gasteiger partial charge in [0.25, 0.3) is 5.91 Å². The number of amides is 1. The molecule has 122 valence electrons. The molecule has 0 aromatic carbocycles. The maximum atomic E-state index is 12.5. The van der Waals surface area contributed by atoms with Gasteiger partial charge in [-0.15, -0.1) is 10.2 Å². The van der Waals surface area contributed by atoms with Gasteiger partial charge in [0.15, 0.2) is 0 Å². The molecule has 3 heterocycles. The van der Waals surface area contributed by atoms with Gasteiger partial charge in [0.2, 0.25) is 11.8 Å². The summed E-state index contributed by atoms with van der Waals surface area (Å²) < 4.78 is 5.57. The summed E-state index contributed by atoms with van der Waals surface area (Å²) >= 11 is 0. The number of hydrogen-bond donors (Lipinski definition) is 0. The second kappa shape index (κ2) is 7.32. The number of pyridine rings is 1. The predicted molar refractivity (Wildman–Crippen MR) is 83.7 cm³/mol. The van der Waals surface area contributed by atoms with Gasteiger partial charge in [0.05, 0.1) is 6.54 Å². The molecule has 23 heavy (non-hydrogen) atoms. The van der Waals surface area contributed by atoms with Crippen LogP contribution in [-0.2, 0) is 13.0 Å². The van der Waals surface area contributed by atoms with E-state index in [1.807, 2.05) is 11.8 Å². The van der Waals surface area contributed by atoms with Crippen molar-refractivity contribution < 1.29 is 9.21 Å². The summed E-state index contributed by atoms with van der Waals surface area (Å²) in [5.41, 5.74) is 0.693. The number of carbonyl (C=O) groups excluding carboxylic acids is 1. The van der Waals surface area contributed by atoms with Gasteiger partial charge in [0, 0.05) is 50.6 Å². The summed E-state index contributed by atoms with van der Waals surface area (Å²) in [5, 5.41) is 8.06. The van der Waals surface area contributed by atoms with Crippen molar-refractivity contribution in [2.75, 3.05) is 26.2 Å². The fourth-order valence-electron chi connectivity index (χ4n) is 2.70. The average Bonchev–Trinajstić information content (AvgIpc) is 2.92. The van der Waals surface area contributed by atoms with Crippen LogP contribution in [0.1, 0.15) is 35.5 Å². The van der Waals surface area contributed by atoms with Crippen molar-refractivity contribution in [2.24, 2.45) is 0 Å². The molecule has 7 heteroatoms. The zero-order valence-electron chi connectivity index (χ0n) is 13.3. The summed E-state index contributed by atoms with van der Waals surface area (Å²) in [6.07, 6.45) is 4.99. The lowest BCUT2D eigenvalue weighted by molar-refractivity contribution is 0.0760. The third kappa shape index (κ3) is 3.92. The zero-order chi connectivity index (χ0) is 16.1. The van der Waals surface area contributed by atoms with E-state index in [-0.39, 0.29) is 5.91 Å². The Kier molecular flexibility index (Phi) is 4.97. The molecule has 0 aliphatic carbocycles. The fourth-order valence-corrected chi connectivity index (χ4v) is 2.70. The molecule has 0 unspecified atom stereocenters. The lowest BCUT2D eigenvalue weighted by Gasteiger charge is -2.21. The van der Waals surface area contributed by atoms with E-state index >= 15 is 0 Å². The lowest BCUT2D eigenvalue weighted by atomic mass is 10.2. The molecule has 0 atom stereocenters. The standard InChI is InChI=1S/C16H21N5O2/c1-2-14-18-19-15(23-14)12-20-8-3-9-21(11-10-20)16(22)13-4-6-17-7-5-13/h4-7H,2-3,8-12H2,1H3. The van der Waals surface area contributed by atoms with Crippen molar-refractivity contribution in [3.8, 4) is 0 Å². The van der Waals surface area contributed by atoms with E-state index in [0.717, 1.165) is 32.5 Å². The Bertz CT molecular complexity index is 643. The normalized spacial score (nSPS) is 16.3. The van der Waals surface area contributed by atoms with Crippen LogP contribution in [0.15, 0.2) is 28.9 Å². The van der Waals surface area contributed by atoms with E-state index in [1.54, 1.807) is 24.5 Å². The van der Waals surface area contributed by atoms with Crippen LogP contribution in [0, 0.1) is 0 Å². The van der Waals surface area contributed by atoms with Crippen molar-refractivity contribution in [3.63, 3.8) is 0 Å². The average molecular weight is 315 g/mol. The largest absolute Gasteiger partial charge is 0.424 e. The van der Waals surface area contributed by atoms with E-state index < -0.39 is 0 Å². The van der Waals surface area contributed by atoms with Crippen molar-refractivity contribution in [1.29, 1.82) is 0 Å². The summed E-state index contributed by atoms with van der Waals surface area (Å²) in [6, 6.07) is 3.52. The maximum Gasteiger partial charge on any atom is 0.254 e. The Labute approximate surface area is 135 Å². The molecule has 1 aliphatic heterocycles. The molecule has 2 aromatic heterocycles. The predicted octanol–water partition coefficient (Wildman–Crippen LogP) is 1.38. The van der Waals surface area contributed by atoms with Crippen molar-refractivity contribution in [1.82, 2.24) is 25.0 Å². The van der Waals surface area contributed by atoms with Crippen LogP contribution >= 0.6 is 0 Å². The minimum absolute atomic E-state index is 0.0697. The number of carbonyl (C=O) groups is 1. The van der Waals surface area contributed by atoms with E-state index in [0.29, 0.717) is 30.4 Å². The van der Waals surface area contributed by atoms with Crippen LogP contribution in [0.3, 0.4) is 0 Å². The number of aryl methyl sites for hydroxylation is 1. The van der Waals surface area contributed by atoms with E-state index in [9.17, 15) is 4.79 Å². The minimum atomic E-state index is 0.0697. The van der Waals surface area contributed by atoms with Gasteiger partial charge in [-0.05, 0) is 18.6 Å². The molecule has 0 radical (unpaired) electrons. The van der Waals surface area contributed by atoms with Crippen LogP contribution in [0.25, 0.3) is 0 Å². The molecule has 1 aliphatic rings. The van der Waals surface area contributed by atoms with Gasteiger partial charge in [-0.2, -0.15) is 0 Å². The topological polar surface area (TPSA) is 75.4 Å². The van der Waals surface area contributed by atoms with Gasteiger partial charge in [-0.1, -0.05) is 6.92 Å². The molecule has 7 nitrogen and oxygen atoms in total. The molecule has 1 fully saturated rings. The highest BCUT2D eigenvalue weighted by Gasteiger charge is 2.21. The molecule has 0 N–H and O–H groups in total. The van der Waals surface area contributed by atoms with Crippen LogP contribution < -0.4 is 0 Å². The summed E-state index contributed by atoms with van der Waals surface area (Å²) in [7, 11) is 0. The monoisotopic (exact) mass is 315 g/mol. The smallest absolute Gasteiger partial charge is 0.254 e. The van der Waals surface area contributed by atoms with Crippen molar-refractivity contribution in [2.45, 2.75) is 26.3 Å². The highest BCUT2D eigenvalue weighted by Crippen LogP contribution is 2.11. The lowest BCUT2D eigenvalue weighted by Crippen LogP contribution is -2.35. The fraction of sp³-hybridized carbons (Fsp3) is 0.500. The zero-order valence-corrected chi connectivity index (χ0v) is 13.3. The van der Waals surface area contributed by atoms with Crippen LogP contribution in [-0.4, -0.2) is 57.1 Å². The number of nitrogens with zero attached hydrogens (tertiary/aromatic N) is 5. The second-order valence-electron chi connectivity index (χ2n) is 5.60. The number of aromatic nitrogens is 3. The third-order valence-electron chi connectivity index (χ3n) is 3.97. The first kappa shape index (κ1) is 15.6. The van der Waals surface area contributed by atoms with E-state index in [1.165, 1.54) is 0 Å². The maximum absolute atomic E-state index is 12.5. The first-order valence-corrected chi connectivity index (χ1v) is 7.99. The first-order valence-electron chi connectivity index (χ1n) is 7.99. The summed E-state index contributed by atoms with van der Waals surface area (Å²) in [6.45, 7) is 5.83. The highest BCUT2D eigenvalue weighted by atomic mass is 16.4. The molecule has 2 aromatic rings. The van der Waals surface area contributed by atoms with Crippen LogP contribution in [0.4, 0.5) is 0 Å². The van der Waals surface area contributed by atoms with Gasteiger partial charge < -0.3 is 9.32 Å². The van der Waals surface area contributed by atoms with E-state index in [2.05, 4.69) is 20.1 Å². The molecule has 1 saturated heterocycles. The quantitative estimate of drug-likeness (QED) is 0.848. The minimum Gasteiger partial charge on any atom is -0.424 e. The molecule has 0 spiro atoms. The van der Waals surface area contributed by atoms with Crippen molar-refractivity contribution >= 4 is 5.91 Å². The van der Waals surface area contributed by atoms with Crippen LogP contribution in [0.2, 0.25) is 0 Å². The Balaban J connectivity index is 1.57. The molecule has 1 amide bonds. The highest BCUT2D eigenvalue weighted by molar-refractivity contribution is 5.94. The van der Waals surface area contributed by atoms with Gasteiger partial charge in [0.1, 0.15) is 0 Å². The molecular weight excluding hydrogens is 294 g/mol. The van der Waals surface area contributed by atoms with Gasteiger partial charge >= 0.3 is 0 Å². The first-order chi connectivity index (χ1) is 11.3. The SMILES string of the molecule is CCc1nnc(CN2CCCN(C(=O)c3ccncc3)CC2)o1. The Hall–Kier alpha value is -2.28. The molecular formula is C16H21N5O2. The van der Waals surface area contributed by atoms with Gasteiger partial charge in [-0.3, -0.25) is 14.7 Å². The number of hydrogen-bond acceptors (Lipinski definition) is 6. The molecule has 0 saturated carbocycles. The van der Waals surface area contributed by atoms with E-state index in [4.69, 9.17) is 4.42 Å². The third-order valence-corrected chi connectivity index (χ3v) is 3.97. The summed E-state index contributed by atoms with van der Waals surface area (Å²) in [4.78, 5) is 20.6.